The van der Waals surface area contributed by atoms with Gasteiger partial charge in [0.25, 0.3) is 6.43 Å². The largest absolute Gasteiger partial charge is 0.305 e. The maximum absolute atomic E-state index is 13.0. The zero-order valence-corrected chi connectivity index (χ0v) is 8.86. The van der Waals surface area contributed by atoms with Gasteiger partial charge in [-0.15, -0.1) is 0 Å². The minimum absolute atomic E-state index is 0.0276. The first-order valence-electron chi connectivity index (χ1n) is 4.47. The molecule has 0 bridgehead atoms. The van der Waals surface area contributed by atoms with E-state index in [0.29, 0.717) is 5.56 Å². The highest BCUT2D eigenvalue weighted by Crippen LogP contribution is 2.19. The Kier molecular flexibility index (Phi) is 4.42. The average Bonchev–Trinajstić information content (AvgIpc) is 2.18. The molecule has 15 heavy (non-hydrogen) atoms. The lowest BCUT2D eigenvalue weighted by Gasteiger charge is -2.14. The Morgan fingerprint density at radius 2 is 2.07 bits per heavy atom. The number of rotatable bonds is 4. The van der Waals surface area contributed by atoms with E-state index in [-0.39, 0.29) is 11.1 Å². The van der Waals surface area contributed by atoms with Gasteiger partial charge < -0.3 is 5.32 Å². The predicted molar refractivity (Wildman–Crippen MR) is 53.8 cm³/mol. The number of hydrogen-bond acceptors (Lipinski definition) is 1. The molecule has 1 N–H and O–H groups in total. The Hall–Kier alpha value is -0.740. The lowest BCUT2D eigenvalue weighted by atomic mass is 10.1. The average molecular weight is 238 g/mol. The molecule has 0 radical (unpaired) electrons. The number of benzene rings is 1. The van der Waals surface area contributed by atoms with Crippen LogP contribution in [0.15, 0.2) is 18.2 Å². The molecule has 1 nitrogen and oxygen atoms in total. The van der Waals surface area contributed by atoms with Crippen LogP contribution in [-0.4, -0.2) is 13.0 Å². The monoisotopic (exact) mass is 237 g/mol. The van der Waals surface area contributed by atoms with Gasteiger partial charge in [-0.25, -0.2) is 13.2 Å². The topological polar surface area (TPSA) is 12.0 Å². The Morgan fingerprint density at radius 3 is 2.60 bits per heavy atom. The van der Waals surface area contributed by atoms with E-state index in [1.54, 1.807) is 13.0 Å². The van der Waals surface area contributed by atoms with E-state index >= 15 is 0 Å². The lowest BCUT2D eigenvalue weighted by molar-refractivity contribution is 0.142. The molecule has 0 aliphatic heterocycles. The molecule has 0 amide bonds. The third kappa shape index (κ3) is 3.72. The fourth-order valence-electron chi connectivity index (χ4n) is 1.17. The molecular formula is C10H11ClF3N. The predicted octanol–water partition coefficient (Wildman–Crippen LogP) is 3.39. The van der Waals surface area contributed by atoms with Crippen LogP contribution in [0.2, 0.25) is 5.02 Å². The van der Waals surface area contributed by atoms with Crippen molar-refractivity contribution in [3.63, 3.8) is 0 Å². The second-order valence-corrected chi connectivity index (χ2v) is 3.60. The van der Waals surface area contributed by atoms with Crippen molar-refractivity contribution in [3.8, 4) is 0 Å². The van der Waals surface area contributed by atoms with Crippen LogP contribution in [0.4, 0.5) is 13.2 Å². The van der Waals surface area contributed by atoms with E-state index in [9.17, 15) is 13.2 Å². The number of alkyl halides is 2. The van der Waals surface area contributed by atoms with Crippen LogP contribution in [-0.2, 0) is 0 Å². The Labute approximate surface area is 91.2 Å². The molecule has 1 rings (SSSR count). The first-order valence-corrected chi connectivity index (χ1v) is 4.85. The third-order valence-corrected chi connectivity index (χ3v) is 2.33. The second-order valence-electron chi connectivity index (χ2n) is 3.19. The standard InChI is InChI=1S/C10H11ClF3N/c1-6(15-5-10(13)14)7-2-3-8(11)9(12)4-7/h2-4,6,10,15H,5H2,1H3. The van der Waals surface area contributed by atoms with E-state index in [1.165, 1.54) is 12.1 Å². The Balaban J connectivity index is 2.65. The lowest BCUT2D eigenvalue weighted by Crippen LogP contribution is -2.24. The molecule has 0 heterocycles. The summed E-state index contributed by atoms with van der Waals surface area (Å²) in [5.41, 5.74) is 0.595. The summed E-state index contributed by atoms with van der Waals surface area (Å²) in [5.74, 6) is -0.542. The number of halogens is 4. The minimum Gasteiger partial charge on any atom is -0.305 e. The summed E-state index contributed by atoms with van der Waals surface area (Å²) >= 11 is 5.50. The van der Waals surface area contributed by atoms with Crippen LogP contribution in [0, 0.1) is 5.82 Å². The molecule has 1 atom stereocenters. The Bertz CT molecular complexity index is 330. The first-order chi connectivity index (χ1) is 7.00. The molecule has 1 unspecified atom stereocenters. The quantitative estimate of drug-likeness (QED) is 0.846. The second kappa shape index (κ2) is 5.37. The zero-order chi connectivity index (χ0) is 11.4. The molecule has 0 aliphatic rings. The fourth-order valence-corrected chi connectivity index (χ4v) is 1.28. The van der Waals surface area contributed by atoms with Crippen molar-refractivity contribution in [3.05, 3.63) is 34.6 Å². The van der Waals surface area contributed by atoms with Crippen LogP contribution in [0.3, 0.4) is 0 Å². The van der Waals surface area contributed by atoms with Gasteiger partial charge in [0.05, 0.1) is 11.6 Å². The highest BCUT2D eigenvalue weighted by Gasteiger charge is 2.10. The minimum atomic E-state index is -2.41. The number of hydrogen-bond donors (Lipinski definition) is 1. The van der Waals surface area contributed by atoms with Gasteiger partial charge in [0.2, 0.25) is 0 Å². The van der Waals surface area contributed by atoms with Gasteiger partial charge in [-0.2, -0.15) is 0 Å². The van der Waals surface area contributed by atoms with Crippen molar-refractivity contribution < 1.29 is 13.2 Å². The molecule has 0 aliphatic carbocycles. The van der Waals surface area contributed by atoms with Crippen molar-refractivity contribution in [2.24, 2.45) is 0 Å². The first kappa shape index (κ1) is 12.3. The smallest absolute Gasteiger partial charge is 0.250 e. The van der Waals surface area contributed by atoms with E-state index in [1.807, 2.05) is 0 Å². The SMILES string of the molecule is CC(NCC(F)F)c1ccc(Cl)c(F)c1. The van der Waals surface area contributed by atoms with Crippen molar-refractivity contribution in [1.29, 1.82) is 0 Å². The third-order valence-electron chi connectivity index (χ3n) is 2.02. The molecular weight excluding hydrogens is 227 g/mol. The van der Waals surface area contributed by atoms with Gasteiger partial charge in [0.1, 0.15) is 5.82 Å². The summed E-state index contributed by atoms with van der Waals surface area (Å²) < 4.78 is 36.8. The highest BCUT2D eigenvalue weighted by molar-refractivity contribution is 6.30. The maximum Gasteiger partial charge on any atom is 0.250 e. The van der Waals surface area contributed by atoms with Crippen LogP contribution in [0.25, 0.3) is 0 Å². The summed E-state index contributed by atoms with van der Waals surface area (Å²) in [6.45, 7) is 1.27. The van der Waals surface area contributed by atoms with Crippen molar-refractivity contribution in [2.45, 2.75) is 19.4 Å². The van der Waals surface area contributed by atoms with E-state index in [0.717, 1.165) is 0 Å². The Morgan fingerprint density at radius 1 is 1.40 bits per heavy atom. The normalized spacial score (nSPS) is 13.2. The molecule has 1 aromatic carbocycles. The molecule has 0 saturated heterocycles. The summed E-state index contributed by atoms with van der Waals surface area (Å²) in [6, 6.07) is 3.93. The molecule has 84 valence electrons. The van der Waals surface area contributed by atoms with Crippen LogP contribution in [0.1, 0.15) is 18.5 Å². The van der Waals surface area contributed by atoms with Crippen molar-refractivity contribution in [1.82, 2.24) is 5.32 Å². The maximum atomic E-state index is 13.0. The van der Waals surface area contributed by atoms with Crippen LogP contribution in [0.5, 0.6) is 0 Å². The van der Waals surface area contributed by atoms with Crippen molar-refractivity contribution in [2.75, 3.05) is 6.54 Å². The zero-order valence-electron chi connectivity index (χ0n) is 8.11. The van der Waals surface area contributed by atoms with Gasteiger partial charge in [-0.05, 0) is 24.6 Å². The van der Waals surface area contributed by atoms with E-state index < -0.39 is 18.8 Å². The number of nitrogens with one attached hydrogen (secondary N) is 1. The summed E-state index contributed by atoms with van der Waals surface area (Å²) in [5, 5.41) is 2.61. The van der Waals surface area contributed by atoms with Gasteiger partial charge in [-0.3, -0.25) is 0 Å². The molecule has 0 aromatic heterocycles. The summed E-state index contributed by atoms with van der Waals surface area (Å²) in [7, 11) is 0. The molecule has 5 heteroatoms. The van der Waals surface area contributed by atoms with E-state index in [2.05, 4.69) is 5.32 Å². The van der Waals surface area contributed by atoms with E-state index in [4.69, 9.17) is 11.6 Å². The molecule has 0 spiro atoms. The molecule has 1 aromatic rings. The highest BCUT2D eigenvalue weighted by atomic mass is 35.5. The molecule has 0 saturated carbocycles. The fraction of sp³-hybridized carbons (Fsp3) is 0.400. The van der Waals surface area contributed by atoms with Crippen molar-refractivity contribution >= 4 is 11.6 Å². The molecule has 0 fully saturated rings. The van der Waals surface area contributed by atoms with Gasteiger partial charge in [0, 0.05) is 6.04 Å². The van der Waals surface area contributed by atoms with Crippen LogP contribution >= 0.6 is 11.6 Å². The van der Waals surface area contributed by atoms with Gasteiger partial charge >= 0.3 is 0 Å². The van der Waals surface area contributed by atoms with Gasteiger partial charge in [0.15, 0.2) is 0 Å². The summed E-state index contributed by atoms with van der Waals surface area (Å²) in [6.07, 6.45) is -2.41. The summed E-state index contributed by atoms with van der Waals surface area (Å²) in [4.78, 5) is 0. The van der Waals surface area contributed by atoms with Gasteiger partial charge in [-0.1, -0.05) is 17.7 Å². The van der Waals surface area contributed by atoms with Crippen LogP contribution < -0.4 is 5.32 Å².